The predicted octanol–water partition coefficient (Wildman–Crippen LogP) is -0.159. The second kappa shape index (κ2) is 6.12. The Kier molecular flexibility index (Phi) is 5.05. The number of rotatable bonds is 5. The van der Waals surface area contributed by atoms with Crippen molar-refractivity contribution in [1.29, 1.82) is 0 Å². The highest BCUT2D eigenvalue weighted by Gasteiger charge is 2.19. The van der Waals surface area contributed by atoms with Crippen LogP contribution < -0.4 is 15.8 Å². The molecule has 0 radical (unpaired) electrons. The molecule has 0 aliphatic carbocycles. The number of nitrogens with two attached hydrogens (primary N) is 1. The molecule has 0 atom stereocenters. The molecule has 1 aromatic heterocycles. The van der Waals surface area contributed by atoms with Crippen molar-refractivity contribution >= 4 is 37.7 Å². The van der Waals surface area contributed by atoms with Crippen molar-refractivity contribution < 1.29 is 13.2 Å². The van der Waals surface area contributed by atoms with E-state index in [2.05, 4.69) is 31.0 Å². The molecule has 1 rings (SSSR count). The summed E-state index contributed by atoms with van der Waals surface area (Å²) in [4.78, 5) is 14.7. The summed E-state index contributed by atoms with van der Waals surface area (Å²) in [6, 6.07) is 1.32. The van der Waals surface area contributed by atoms with Crippen molar-refractivity contribution in [2.45, 2.75) is 11.8 Å². The molecule has 0 aliphatic heterocycles. The number of halogens is 1. The van der Waals surface area contributed by atoms with E-state index < -0.39 is 15.9 Å². The van der Waals surface area contributed by atoms with Gasteiger partial charge >= 0.3 is 0 Å². The van der Waals surface area contributed by atoms with Crippen LogP contribution in [0.15, 0.2) is 21.6 Å². The van der Waals surface area contributed by atoms with E-state index in [0.29, 0.717) is 11.0 Å². The number of sulfonamides is 1. The molecule has 0 unspecified atom stereocenters. The van der Waals surface area contributed by atoms with E-state index in [1.165, 1.54) is 12.3 Å². The van der Waals surface area contributed by atoms with Crippen LogP contribution in [0.5, 0.6) is 0 Å². The summed E-state index contributed by atoms with van der Waals surface area (Å²) in [5.74, 6) is -0.538. The second-order valence-corrected chi connectivity index (χ2v) is 5.97. The third-order valence-corrected chi connectivity index (χ3v) is 3.80. The first-order valence-electron chi connectivity index (χ1n) is 5.04. The quantitative estimate of drug-likeness (QED) is 0.691. The Hall–Kier alpha value is -1.19. The summed E-state index contributed by atoms with van der Waals surface area (Å²) in [6.45, 7) is 1.83. The Labute approximate surface area is 113 Å². The summed E-state index contributed by atoms with van der Waals surface area (Å²) >= 11 is 3.10. The van der Waals surface area contributed by atoms with Gasteiger partial charge in [-0.15, -0.1) is 0 Å². The van der Waals surface area contributed by atoms with Gasteiger partial charge in [-0.25, -0.2) is 18.1 Å². The third-order valence-electron chi connectivity index (χ3n) is 1.93. The normalized spacial score (nSPS) is 11.2. The molecule has 1 heterocycles. The summed E-state index contributed by atoms with van der Waals surface area (Å²) in [6.07, 6.45) is 1.39. The molecule has 7 nitrogen and oxygen atoms in total. The van der Waals surface area contributed by atoms with Crippen LogP contribution in [-0.4, -0.2) is 32.4 Å². The molecule has 9 heteroatoms. The fourth-order valence-electron chi connectivity index (χ4n) is 1.14. The smallest absolute Gasteiger partial charge is 0.244 e. The lowest BCUT2D eigenvalue weighted by Gasteiger charge is -2.08. The average molecular weight is 337 g/mol. The van der Waals surface area contributed by atoms with Crippen LogP contribution in [-0.2, 0) is 14.8 Å². The number of amides is 1. The van der Waals surface area contributed by atoms with Gasteiger partial charge in [0.25, 0.3) is 0 Å². The highest BCUT2D eigenvalue weighted by atomic mass is 79.9. The molecule has 0 spiro atoms. The first kappa shape index (κ1) is 14.9. The Morgan fingerprint density at radius 3 is 2.83 bits per heavy atom. The number of hydrogen-bond donors (Lipinski definition) is 3. The summed E-state index contributed by atoms with van der Waals surface area (Å²) in [7, 11) is -3.86. The lowest BCUT2D eigenvalue weighted by Crippen LogP contribution is -2.37. The van der Waals surface area contributed by atoms with Crippen LogP contribution in [0.3, 0.4) is 0 Å². The zero-order valence-corrected chi connectivity index (χ0v) is 12.0. The number of carbonyl (C=O) groups is 1. The zero-order chi connectivity index (χ0) is 13.8. The molecule has 0 fully saturated rings. The van der Waals surface area contributed by atoms with Crippen LogP contribution in [0, 0.1) is 0 Å². The topological polar surface area (TPSA) is 114 Å². The average Bonchev–Trinajstić information content (AvgIpc) is 2.30. The SMILES string of the molecule is CCNC(=O)CNS(=O)(=O)c1cc(Br)cnc1N. The summed E-state index contributed by atoms with van der Waals surface area (Å²) in [5.41, 5.74) is 5.49. The predicted molar refractivity (Wildman–Crippen MR) is 70.2 cm³/mol. The number of nitrogens with zero attached hydrogens (tertiary/aromatic N) is 1. The number of anilines is 1. The van der Waals surface area contributed by atoms with Gasteiger partial charge in [-0.05, 0) is 28.9 Å². The number of likely N-dealkylation sites (N-methyl/N-ethyl adjacent to an activating group) is 1. The Bertz CT molecular complexity index is 547. The van der Waals surface area contributed by atoms with Crippen LogP contribution in [0.4, 0.5) is 5.82 Å². The Morgan fingerprint density at radius 2 is 2.22 bits per heavy atom. The fraction of sp³-hybridized carbons (Fsp3) is 0.333. The molecule has 0 aliphatic rings. The minimum atomic E-state index is -3.86. The monoisotopic (exact) mass is 336 g/mol. The lowest BCUT2D eigenvalue weighted by molar-refractivity contribution is -0.119. The molecule has 4 N–H and O–H groups in total. The van der Waals surface area contributed by atoms with E-state index in [0.717, 1.165) is 0 Å². The van der Waals surface area contributed by atoms with Crippen molar-refractivity contribution in [2.24, 2.45) is 0 Å². The molecular formula is C9H13BrN4O3S. The molecule has 1 amide bonds. The standard InChI is InChI=1S/C9H13BrN4O3S/c1-2-12-8(15)5-14-18(16,17)7-3-6(10)4-13-9(7)11/h3-4,14H,2,5H2,1H3,(H2,11,13)(H,12,15). The first-order valence-corrected chi connectivity index (χ1v) is 7.32. The van der Waals surface area contributed by atoms with Crippen molar-refractivity contribution in [3.05, 3.63) is 16.7 Å². The molecule has 1 aromatic rings. The van der Waals surface area contributed by atoms with Crippen LogP contribution in [0.25, 0.3) is 0 Å². The van der Waals surface area contributed by atoms with Gasteiger partial charge in [-0.3, -0.25) is 4.79 Å². The molecular weight excluding hydrogens is 324 g/mol. The highest BCUT2D eigenvalue weighted by Crippen LogP contribution is 2.19. The maximum atomic E-state index is 11.9. The summed E-state index contributed by atoms with van der Waals surface area (Å²) in [5, 5.41) is 2.47. The van der Waals surface area contributed by atoms with Crippen LogP contribution >= 0.6 is 15.9 Å². The van der Waals surface area contributed by atoms with Gasteiger partial charge in [0.15, 0.2) is 0 Å². The van der Waals surface area contributed by atoms with Gasteiger partial charge in [-0.2, -0.15) is 0 Å². The third kappa shape index (κ3) is 3.93. The number of hydrogen-bond acceptors (Lipinski definition) is 5. The van der Waals surface area contributed by atoms with E-state index in [4.69, 9.17) is 5.73 Å². The number of nitrogens with one attached hydrogen (secondary N) is 2. The van der Waals surface area contributed by atoms with E-state index in [1.54, 1.807) is 6.92 Å². The van der Waals surface area contributed by atoms with Gasteiger partial charge in [0.2, 0.25) is 15.9 Å². The molecule has 18 heavy (non-hydrogen) atoms. The van der Waals surface area contributed by atoms with Crippen molar-refractivity contribution in [1.82, 2.24) is 15.0 Å². The number of aromatic nitrogens is 1. The van der Waals surface area contributed by atoms with Gasteiger partial charge in [0.05, 0.1) is 6.54 Å². The summed E-state index contributed by atoms with van der Waals surface area (Å²) < 4.78 is 26.4. The fourth-order valence-corrected chi connectivity index (χ4v) is 2.71. The lowest BCUT2D eigenvalue weighted by atomic mass is 10.5. The van der Waals surface area contributed by atoms with Gasteiger partial charge in [0.1, 0.15) is 10.7 Å². The van der Waals surface area contributed by atoms with E-state index in [-0.39, 0.29) is 17.3 Å². The number of pyridine rings is 1. The maximum absolute atomic E-state index is 11.9. The minimum absolute atomic E-state index is 0.124. The van der Waals surface area contributed by atoms with Crippen LogP contribution in [0.1, 0.15) is 6.92 Å². The molecule has 100 valence electrons. The van der Waals surface area contributed by atoms with Crippen LogP contribution in [0.2, 0.25) is 0 Å². The van der Waals surface area contributed by atoms with Gasteiger partial charge < -0.3 is 11.1 Å². The van der Waals surface area contributed by atoms with Crippen molar-refractivity contribution in [3.8, 4) is 0 Å². The number of nitrogen functional groups attached to an aromatic ring is 1. The Morgan fingerprint density at radius 1 is 1.56 bits per heavy atom. The second-order valence-electron chi connectivity index (χ2n) is 3.31. The van der Waals surface area contributed by atoms with E-state index in [9.17, 15) is 13.2 Å². The van der Waals surface area contributed by atoms with Gasteiger partial charge in [-0.1, -0.05) is 0 Å². The maximum Gasteiger partial charge on any atom is 0.244 e. The molecule has 0 bridgehead atoms. The van der Waals surface area contributed by atoms with E-state index in [1.807, 2.05) is 0 Å². The minimum Gasteiger partial charge on any atom is -0.383 e. The zero-order valence-electron chi connectivity index (χ0n) is 9.60. The molecule has 0 saturated carbocycles. The van der Waals surface area contributed by atoms with E-state index >= 15 is 0 Å². The highest BCUT2D eigenvalue weighted by molar-refractivity contribution is 9.10. The molecule has 0 aromatic carbocycles. The largest absolute Gasteiger partial charge is 0.383 e. The molecule has 0 saturated heterocycles. The van der Waals surface area contributed by atoms with Crippen molar-refractivity contribution in [3.63, 3.8) is 0 Å². The van der Waals surface area contributed by atoms with Gasteiger partial charge in [0, 0.05) is 17.2 Å². The number of carbonyl (C=O) groups excluding carboxylic acids is 1. The van der Waals surface area contributed by atoms with Crippen molar-refractivity contribution in [2.75, 3.05) is 18.8 Å². The Balaban J connectivity index is 2.87. The first-order chi connectivity index (χ1) is 8.36.